The lowest BCUT2D eigenvalue weighted by Crippen LogP contribution is -2.58. The molecule has 0 radical (unpaired) electrons. The van der Waals surface area contributed by atoms with Gasteiger partial charge in [-0.25, -0.2) is 4.90 Å². The molecule has 7 nitrogen and oxygen atoms in total. The third-order valence-corrected chi connectivity index (χ3v) is 6.80. The van der Waals surface area contributed by atoms with Crippen LogP contribution < -0.4 is 10.2 Å². The number of amides is 2. The normalized spacial score (nSPS) is 27.2. The van der Waals surface area contributed by atoms with Gasteiger partial charge in [0.05, 0.1) is 24.1 Å². The molecule has 4 unspecified atom stereocenters. The number of carbonyl (C=O) groups is 3. The standard InChI is InChI=1S/C25H22N2O5/c1-14-7-2-5-12-18(14)27-22(29)19-20(23(27)30)25(13-28,24(31)32)26-21(19)17-11-6-9-15-8-3-4-10-16(15)17/h2-12,19-21,26,28H,13H2,1H3,(H,31,32). The number of nitrogens with one attached hydrogen (secondary N) is 1. The van der Waals surface area contributed by atoms with Gasteiger partial charge in [-0.3, -0.25) is 19.7 Å². The molecule has 3 aromatic carbocycles. The second-order valence-corrected chi connectivity index (χ2v) is 8.43. The van der Waals surface area contributed by atoms with E-state index in [0.29, 0.717) is 5.69 Å². The van der Waals surface area contributed by atoms with Gasteiger partial charge in [0, 0.05) is 6.04 Å². The summed E-state index contributed by atoms with van der Waals surface area (Å²) < 4.78 is 0. The minimum atomic E-state index is -1.96. The first-order chi connectivity index (χ1) is 15.4. The molecule has 2 fully saturated rings. The third kappa shape index (κ3) is 2.65. The number of aryl methyl sites for hydroxylation is 1. The first kappa shape index (κ1) is 20.4. The van der Waals surface area contributed by atoms with Gasteiger partial charge in [-0.15, -0.1) is 0 Å². The number of imide groups is 1. The fraction of sp³-hybridized carbons (Fsp3) is 0.240. The van der Waals surface area contributed by atoms with Crippen molar-refractivity contribution >= 4 is 34.2 Å². The molecule has 162 valence electrons. The summed E-state index contributed by atoms with van der Waals surface area (Å²) in [5, 5.41) is 25.1. The SMILES string of the molecule is Cc1ccccc1N1C(=O)C2C(c3cccc4ccccc34)NC(CO)(C(=O)O)C2C1=O. The molecule has 3 N–H and O–H groups in total. The van der Waals surface area contributed by atoms with Gasteiger partial charge in [0.25, 0.3) is 0 Å². The number of carbonyl (C=O) groups excluding carboxylic acids is 2. The molecular formula is C25H22N2O5. The minimum absolute atomic E-state index is 0.436. The van der Waals surface area contributed by atoms with Gasteiger partial charge < -0.3 is 10.2 Å². The van der Waals surface area contributed by atoms with Crippen molar-refractivity contribution in [1.82, 2.24) is 5.32 Å². The molecule has 5 rings (SSSR count). The summed E-state index contributed by atoms with van der Waals surface area (Å²) in [4.78, 5) is 40.7. The number of rotatable bonds is 4. The maximum atomic E-state index is 13.7. The van der Waals surface area contributed by atoms with Crippen LogP contribution in [0.4, 0.5) is 5.69 Å². The fourth-order valence-corrected chi connectivity index (χ4v) is 5.25. The van der Waals surface area contributed by atoms with Gasteiger partial charge in [-0.1, -0.05) is 60.7 Å². The quantitative estimate of drug-likeness (QED) is 0.549. The van der Waals surface area contributed by atoms with Gasteiger partial charge in [0.1, 0.15) is 0 Å². The van der Waals surface area contributed by atoms with Gasteiger partial charge >= 0.3 is 5.97 Å². The van der Waals surface area contributed by atoms with Crippen molar-refractivity contribution in [3.63, 3.8) is 0 Å². The van der Waals surface area contributed by atoms with E-state index in [1.807, 2.05) is 42.5 Å². The zero-order valence-electron chi connectivity index (χ0n) is 17.4. The summed E-state index contributed by atoms with van der Waals surface area (Å²) in [6.45, 7) is 0.978. The molecule has 0 bridgehead atoms. The summed E-state index contributed by atoms with van der Waals surface area (Å²) in [6.07, 6.45) is 0. The lowest BCUT2D eigenvalue weighted by atomic mass is 9.79. The van der Waals surface area contributed by atoms with E-state index in [1.165, 1.54) is 0 Å². The average molecular weight is 430 g/mol. The topological polar surface area (TPSA) is 107 Å². The largest absolute Gasteiger partial charge is 0.480 e. The number of aliphatic carboxylic acids is 1. The van der Waals surface area contributed by atoms with E-state index in [1.54, 1.807) is 31.2 Å². The second kappa shape index (κ2) is 7.25. The van der Waals surface area contributed by atoms with Gasteiger partial charge in [-0.2, -0.15) is 0 Å². The molecule has 2 amide bonds. The molecule has 32 heavy (non-hydrogen) atoms. The van der Waals surface area contributed by atoms with E-state index in [9.17, 15) is 24.6 Å². The Morgan fingerprint density at radius 3 is 2.41 bits per heavy atom. The van der Waals surface area contributed by atoms with Gasteiger partial charge in [-0.05, 0) is 34.9 Å². The predicted octanol–water partition coefficient (Wildman–Crippen LogP) is 2.41. The molecular weight excluding hydrogens is 408 g/mol. The summed E-state index contributed by atoms with van der Waals surface area (Å²) in [5.74, 6) is -4.62. The van der Waals surface area contributed by atoms with E-state index in [4.69, 9.17) is 0 Å². The molecule has 0 aliphatic carbocycles. The Bertz CT molecular complexity index is 1270. The maximum Gasteiger partial charge on any atom is 0.327 e. The number of fused-ring (bicyclic) bond motifs is 2. The van der Waals surface area contributed by atoms with Gasteiger partial charge in [0.15, 0.2) is 5.54 Å². The summed E-state index contributed by atoms with van der Waals surface area (Å²) in [7, 11) is 0. The summed E-state index contributed by atoms with van der Waals surface area (Å²) in [6, 6.07) is 19.5. The number of carboxylic acids is 1. The first-order valence-corrected chi connectivity index (χ1v) is 10.4. The van der Waals surface area contributed by atoms with Crippen molar-refractivity contribution in [3.05, 3.63) is 77.9 Å². The van der Waals surface area contributed by atoms with Crippen molar-refractivity contribution in [3.8, 4) is 0 Å². The smallest absolute Gasteiger partial charge is 0.327 e. The Kier molecular flexibility index (Phi) is 4.62. The van der Waals surface area contributed by atoms with Crippen LogP contribution in [0.1, 0.15) is 17.2 Å². The highest BCUT2D eigenvalue weighted by Crippen LogP contribution is 2.50. The lowest BCUT2D eigenvalue weighted by molar-refractivity contribution is -0.150. The van der Waals surface area contributed by atoms with E-state index in [-0.39, 0.29) is 0 Å². The summed E-state index contributed by atoms with van der Waals surface area (Å²) in [5.41, 5.74) is -0.0711. The van der Waals surface area contributed by atoms with Crippen molar-refractivity contribution < 1.29 is 24.6 Å². The molecule has 2 aliphatic rings. The monoisotopic (exact) mass is 430 g/mol. The number of benzene rings is 3. The van der Waals surface area contributed by atoms with Crippen molar-refractivity contribution in [2.45, 2.75) is 18.5 Å². The highest BCUT2D eigenvalue weighted by molar-refractivity contribution is 6.24. The van der Waals surface area contributed by atoms with Crippen LogP contribution in [0.15, 0.2) is 66.7 Å². The number of hydrogen-bond donors (Lipinski definition) is 3. The van der Waals surface area contributed by atoms with Gasteiger partial charge in [0.2, 0.25) is 11.8 Å². The third-order valence-electron chi connectivity index (χ3n) is 6.80. The molecule has 0 spiro atoms. The first-order valence-electron chi connectivity index (χ1n) is 10.4. The van der Waals surface area contributed by atoms with Crippen molar-refractivity contribution in [1.29, 1.82) is 0 Å². The molecule has 3 aromatic rings. The Morgan fingerprint density at radius 2 is 1.69 bits per heavy atom. The molecule has 0 saturated carbocycles. The summed E-state index contributed by atoms with van der Waals surface area (Å²) >= 11 is 0. The molecule has 7 heteroatoms. The fourth-order valence-electron chi connectivity index (χ4n) is 5.25. The van der Waals surface area contributed by atoms with Crippen LogP contribution in [0.25, 0.3) is 10.8 Å². The van der Waals surface area contributed by atoms with Crippen LogP contribution in [-0.2, 0) is 14.4 Å². The highest BCUT2D eigenvalue weighted by atomic mass is 16.4. The van der Waals surface area contributed by atoms with Crippen LogP contribution >= 0.6 is 0 Å². The molecule has 2 heterocycles. The van der Waals surface area contributed by atoms with Crippen LogP contribution in [0.2, 0.25) is 0 Å². The molecule has 0 aromatic heterocycles. The number of nitrogens with zero attached hydrogens (tertiary/aromatic N) is 1. The van der Waals surface area contributed by atoms with Crippen LogP contribution in [0.5, 0.6) is 0 Å². The van der Waals surface area contributed by atoms with E-state index in [0.717, 1.165) is 26.8 Å². The number of anilines is 1. The highest BCUT2D eigenvalue weighted by Gasteiger charge is 2.68. The predicted molar refractivity (Wildman–Crippen MR) is 118 cm³/mol. The lowest BCUT2D eigenvalue weighted by Gasteiger charge is -2.29. The maximum absolute atomic E-state index is 13.7. The van der Waals surface area contributed by atoms with Crippen LogP contribution in [0, 0.1) is 18.8 Å². The Labute approximate surface area is 184 Å². The number of carboxylic acid groups (broad SMARTS) is 1. The zero-order valence-corrected chi connectivity index (χ0v) is 17.4. The number of aliphatic hydroxyl groups is 1. The van der Waals surface area contributed by atoms with E-state index in [2.05, 4.69) is 5.32 Å². The second-order valence-electron chi connectivity index (χ2n) is 8.43. The van der Waals surface area contributed by atoms with E-state index < -0.39 is 47.8 Å². The molecule has 2 aliphatic heterocycles. The van der Waals surface area contributed by atoms with Crippen molar-refractivity contribution in [2.75, 3.05) is 11.5 Å². The number of aliphatic hydroxyl groups excluding tert-OH is 1. The van der Waals surface area contributed by atoms with Crippen molar-refractivity contribution in [2.24, 2.45) is 11.8 Å². The Balaban J connectivity index is 1.71. The molecule has 4 atom stereocenters. The minimum Gasteiger partial charge on any atom is -0.480 e. The Morgan fingerprint density at radius 1 is 1.00 bits per heavy atom. The average Bonchev–Trinajstić information content (AvgIpc) is 3.28. The van der Waals surface area contributed by atoms with E-state index >= 15 is 0 Å². The number of para-hydroxylation sites is 1. The Hall–Kier alpha value is -3.55. The zero-order chi connectivity index (χ0) is 22.6. The van der Waals surface area contributed by atoms with Crippen LogP contribution in [0.3, 0.4) is 0 Å². The number of hydrogen-bond acceptors (Lipinski definition) is 5. The molecule has 2 saturated heterocycles. The van der Waals surface area contributed by atoms with Crippen LogP contribution in [-0.4, -0.2) is 40.1 Å².